The Morgan fingerprint density at radius 1 is 1.09 bits per heavy atom. The molecule has 2 unspecified atom stereocenters. The molecule has 0 saturated carbocycles. The van der Waals surface area contributed by atoms with Crippen molar-refractivity contribution in [3.8, 4) is 5.75 Å². The molecule has 1 saturated heterocycles. The number of cyclic esters (lactones) is 1. The van der Waals surface area contributed by atoms with Gasteiger partial charge in [0.1, 0.15) is 23.9 Å². The van der Waals surface area contributed by atoms with Gasteiger partial charge in [0.2, 0.25) is 11.8 Å². The summed E-state index contributed by atoms with van der Waals surface area (Å²) in [6, 6.07) is 10.0. The molecule has 0 spiro atoms. The second-order valence-electron chi connectivity index (χ2n) is 15.5. The van der Waals surface area contributed by atoms with Crippen molar-refractivity contribution in [3.05, 3.63) is 87.9 Å². The van der Waals surface area contributed by atoms with E-state index in [1.165, 1.54) is 24.8 Å². The van der Waals surface area contributed by atoms with Crippen molar-refractivity contribution in [1.29, 1.82) is 0 Å². The van der Waals surface area contributed by atoms with Gasteiger partial charge >= 0.3 is 5.97 Å². The maximum atomic E-state index is 14.3. The molecule has 3 amide bonds. The fourth-order valence-corrected chi connectivity index (χ4v) is 7.38. The van der Waals surface area contributed by atoms with Gasteiger partial charge in [-0.15, -0.1) is 0 Å². The lowest BCUT2D eigenvalue weighted by Crippen LogP contribution is -2.61. The van der Waals surface area contributed by atoms with Crippen molar-refractivity contribution in [1.82, 2.24) is 15.5 Å². The van der Waals surface area contributed by atoms with Gasteiger partial charge in [0.25, 0.3) is 5.91 Å². The second kappa shape index (κ2) is 18.3. The van der Waals surface area contributed by atoms with Crippen LogP contribution in [0.25, 0.3) is 0 Å². The minimum Gasteiger partial charge on any atom is -0.507 e. The first-order valence-corrected chi connectivity index (χ1v) is 19.5. The predicted octanol–water partition coefficient (Wildman–Crippen LogP) is 5.31. The minimum absolute atomic E-state index is 0.0140. The summed E-state index contributed by atoms with van der Waals surface area (Å²) in [4.78, 5) is 58.3. The number of amides is 3. The lowest BCUT2D eigenvalue weighted by atomic mass is 9.93. The smallest absolute Gasteiger partial charge is 0.332 e. The number of allylic oxidation sites excluding steroid dienone is 2. The SMILES string of the molecule is CC[C@H](C)[C@H]1C(=O)NC(Cc2ccc(O)c(Br)c2)C(=O)N[C@@H](C(C)(C)O)C(=O)OC(c2ccccc2)[C@H](C)/C=C/C=C(\C)[C@H](OC)C[C@@H]2O[C@@]2(C)C(=O)N1C. The number of aromatic hydroxyl groups is 1. The quantitative estimate of drug-likeness (QED) is 0.214. The third-order valence-electron chi connectivity index (χ3n) is 10.7. The highest BCUT2D eigenvalue weighted by atomic mass is 79.9. The number of methoxy groups -OCH3 is 1. The van der Waals surface area contributed by atoms with E-state index in [4.69, 9.17) is 14.2 Å². The summed E-state index contributed by atoms with van der Waals surface area (Å²) in [6.45, 7) is 12.1. The fraction of sp³-hybridized carbons (Fsp3) is 0.524. The largest absolute Gasteiger partial charge is 0.507 e. The highest BCUT2D eigenvalue weighted by Gasteiger charge is 2.61. The Balaban J connectivity index is 1.82. The van der Waals surface area contributed by atoms with Gasteiger partial charge in [0, 0.05) is 32.9 Å². The second-order valence-corrected chi connectivity index (χ2v) is 16.3. The number of phenols is 1. The number of rotatable bonds is 7. The molecule has 0 radical (unpaired) electrons. The normalized spacial score (nSPS) is 31.1. The highest BCUT2D eigenvalue weighted by molar-refractivity contribution is 9.10. The van der Waals surface area contributed by atoms with Gasteiger partial charge in [0.15, 0.2) is 11.6 Å². The number of carbonyl (C=O) groups is 4. The van der Waals surface area contributed by atoms with Gasteiger partial charge in [-0.3, -0.25) is 14.4 Å². The number of nitrogens with zero attached hydrogens (tertiary/aromatic N) is 1. The van der Waals surface area contributed by atoms with Crippen molar-refractivity contribution >= 4 is 39.6 Å². The lowest BCUT2D eigenvalue weighted by Gasteiger charge is -2.35. The summed E-state index contributed by atoms with van der Waals surface area (Å²) in [5, 5.41) is 27.0. The van der Waals surface area contributed by atoms with Crippen molar-refractivity contribution in [3.63, 3.8) is 0 Å². The van der Waals surface area contributed by atoms with Crippen LogP contribution in [0.15, 0.2) is 76.8 Å². The van der Waals surface area contributed by atoms with Gasteiger partial charge in [-0.1, -0.05) is 81.8 Å². The Hall–Kier alpha value is -4.04. The molecule has 4 N–H and O–H groups in total. The summed E-state index contributed by atoms with van der Waals surface area (Å²) >= 11 is 3.31. The number of phenolic OH excluding ortho intramolecular Hbond substituents is 1. The average Bonchev–Trinajstić information content (AvgIpc) is 3.81. The predicted molar refractivity (Wildman–Crippen MR) is 212 cm³/mol. The third kappa shape index (κ3) is 10.6. The Kier molecular flexibility index (Phi) is 14.5. The zero-order chi connectivity index (χ0) is 40.8. The standard InChI is InChI=1S/C42H56BrN3O9/c1-10-24(2)34-38(49)44-30(22-27-19-20-31(47)29(43)21-27)37(48)45-36(41(5,6)52)39(50)54-35(28-17-12-11-13-18-28)26(4)16-14-15-25(3)32(53-9)23-33-42(7,55-33)40(51)46(34)8/h11-21,24,26,30,32-36,47,52H,10,22-23H2,1-9H3,(H,44,49)(H,45,48)/b16-14+,25-15+/t24-,26+,30?,32+,33-,34-,35?,36+,42+/m0/s1. The highest BCUT2D eigenvalue weighted by Crippen LogP contribution is 2.42. The number of likely N-dealkylation sites (N-methyl/N-ethyl adjacent to an activating group) is 1. The maximum absolute atomic E-state index is 14.3. The van der Waals surface area contributed by atoms with Crippen LogP contribution >= 0.6 is 15.9 Å². The molecule has 13 heteroatoms. The lowest BCUT2D eigenvalue weighted by molar-refractivity contribution is -0.162. The zero-order valence-electron chi connectivity index (χ0n) is 33.2. The molecule has 2 aliphatic rings. The van der Waals surface area contributed by atoms with Crippen molar-refractivity contribution in [2.45, 2.75) is 115 Å². The summed E-state index contributed by atoms with van der Waals surface area (Å²) < 4.78 is 18.4. The molecule has 0 bridgehead atoms. The van der Waals surface area contributed by atoms with Gasteiger partial charge < -0.3 is 40.0 Å². The van der Waals surface area contributed by atoms with Crippen LogP contribution < -0.4 is 10.6 Å². The van der Waals surface area contributed by atoms with Crippen molar-refractivity contribution in [2.75, 3.05) is 14.2 Å². The third-order valence-corrected chi connectivity index (χ3v) is 11.3. The van der Waals surface area contributed by atoms with Crippen LogP contribution in [0.2, 0.25) is 0 Å². The van der Waals surface area contributed by atoms with E-state index in [1.807, 2.05) is 76.3 Å². The Morgan fingerprint density at radius 2 is 1.76 bits per heavy atom. The average molecular weight is 827 g/mol. The van der Waals surface area contributed by atoms with Crippen LogP contribution in [0, 0.1) is 11.8 Å². The number of nitrogens with one attached hydrogen (secondary N) is 2. The minimum atomic E-state index is -1.80. The summed E-state index contributed by atoms with van der Waals surface area (Å²) in [5.41, 5.74) is -0.824. The summed E-state index contributed by atoms with van der Waals surface area (Å²) in [7, 11) is 3.15. The summed E-state index contributed by atoms with van der Waals surface area (Å²) in [5.74, 6) is -3.31. The number of benzene rings is 2. The molecule has 9 atom stereocenters. The van der Waals surface area contributed by atoms with Crippen LogP contribution in [-0.4, -0.2) is 94.5 Å². The molecular formula is C42H56BrN3O9. The summed E-state index contributed by atoms with van der Waals surface area (Å²) in [6.07, 6.45) is 4.89. The van der Waals surface area contributed by atoms with E-state index >= 15 is 0 Å². The number of esters is 1. The van der Waals surface area contributed by atoms with Crippen LogP contribution in [-0.2, 0) is 39.8 Å². The first-order chi connectivity index (χ1) is 25.8. The molecule has 2 aromatic rings. The molecule has 55 heavy (non-hydrogen) atoms. The van der Waals surface area contributed by atoms with E-state index in [-0.39, 0.29) is 36.0 Å². The number of ether oxygens (including phenoxy) is 3. The van der Waals surface area contributed by atoms with Crippen molar-refractivity contribution in [2.24, 2.45) is 11.8 Å². The molecule has 12 nitrogen and oxygen atoms in total. The van der Waals surface area contributed by atoms with Gasteiger partial charge in [-0.25, -0.2) is 4.79 Å². The number of carbonyl (C=O) groups excluding carboxylic acids is 4. The molecule has 4 rings (SSSR count). The molecule has 1 fully saturated rings. The maximum Gasteiger partial charge on any atom is 0.332 e. The van der Waals surface area contributed by atoms with Gasteiger partial charge in [-0.2, -0.15) is 0 Å². The topological polar surface area (TPSA) is 167 Å². The zero-order valence-corrected chi connectivity index (χ0v) is 34.8. The molecule has 2 aliphatic heterocycles. The number of hydrogen-bond acceptors (Lipinski definition) is 9. The number of fused-ring (bicyclic) bond motifs is 1. The molecule has 0 aromatic heterocycles. The first kappa shape index (κ1) is 43.7. The van der Waals surface area contributed by atoms with Crippen molar-refractivity contribution < 1.29 is 43.6 Å². The Bertz CT molecular complexity index is 1760. The van der Waals surface area contributed by atoms with E-state index in [2.05, 4.69) is 26.6 Å². The van der Waals surface area contributed by atoms with Gasteiger partial charge in [-0.05, 0) is 78.4 Å². The van der Waals surface area contributed by atoms with E-state index in [1.54, 1.807) is 33.2 Å². The number of halogens is 1. The van der Waals surface area contributed by atoms with Crippen LogP contribution in [0.3, 0.4) is 0 Å². The molecule has 2 aromatic carbocycles. The number of hydrogen-bond donors (Lipinski definition) is 4. The van der Waals surface area contributed by atoms with Crippen LogP contribution in [0.1, 0.15) is 78.5 Å². The Labute approximate surface area is 332 Å². The van der Waals surface area contributed by atoms with Crippen LogP contribution in [0.4, 0.5) is 0 Å². The molecular weight excluding hydrogens is 770 g/mol. The monoisotopic (exact) mass is 825 g/mol. The van der Waals surface area contributed by atoms with E-state index in [0.29, 0.717) is 28.4 Å². The molecule has 0 aliphatic carbocycles. The number of epoxide rings is 1. The Morgan fingerprint density at radius 3 is 2.36 bits per heavy atom. The molecule has 2 heterocycles. The van der Waals surface area contributed by atoms with E-state index in [0.717, 1.165) is 5.57 Å². The van der Waals surface area contributed by atoms with Gasteiger partial charge in [0.05, 0.1) is 22.3 Å². The van der Waals surface area contributed by atoms with E-state index < -0.39 is 59.3 Å². The molecule has 300 valence electrons. The van der Waals surface area contributed by atoms with Crippen LogP contribution in [0.5, 0.6) is 5.75 Å². The fourth-order valence-electron chi connectivity index (χ4n) is 6.95. The number of aliphatic hydroxyl groups is 1. The van der Waals surface area contributed by atoms with E-state index in [9.17, 15) is 29.4 Å². The first-order valence-electron chi connectivity index (χ1n) is 18.7.